The number of halogens is 3. The highest BCUT2D eigenvalue weighted by Gasteiger charge is 2.65. The van der Waals surface area contributed by atoms with Gasteiger partial charge in [-0.25, -0.2) is 9.69 Å². The fourth-order valence-electron chi connectivity index (χ4n) is 3.96. The number of carbonyl (C=O) groups excluding carboxylic acids is 2. The number of rotatable bonds is 6. The number of alkyl halides is 3. The molecule has 0 bridgehead atoms. The molecule has 0 radical (unpaired) electrons. The average Bonchev–Trinajstić information content (AvgIpc) is 3.45. The fourth-order valence-corrected chi connectivity index (χ4v) is 3.96. The molecule has 2 aromatic rings. The normalized spacial score (nSPS) is 17.7. The summed E-state index contributed by atoms with van der Waals surface area (Å²) in [5.74, 6) is -0.354. The lowest BCUT2D eigenvalue weighted by Gasteiger charge is -2.23. The molecule has 2 aliphatic rings. The number of carbonyl (C=O) groups is 2. The molecule has 2 fully saturated rings. The monoisotopic (exact) mass is 433 g/mol. The standard InChI is InChI=1S/C22H22F3N3O3/c1-14(2)11-16-12-26-10-7-15(16)13-27-20(30)28(19(29)21(27)8-9-21)17-3-5-18(6-4-17)31-22(23,24)25/h3-7,10,12,14H,8-9,11,13H2,1-2H3. The Balaban J connectivity index is 1.59. The first-order chi connectivity index (χ1) is 14.6. The number of nitrogens with zero attached hydrogens (tertiary/aromatic N) is 3. The topological polar surface area (TPSA) is 62.7 Å². The van der Waals surface area contributed by atoms with Crippen molar-refractivity contribution in [3.8, 4) is 5.75 Å². The van der Waals surface area contributed by atoms with Crippen molar-refractivity contribution in [1.82, 2.24) is 9.88 Å². The molecule has 1 aliphatic carbocycles. The van der Waals surface area contributed by atoms with E-state index >= 15 is 0 Å². The van der Waals surface area contributed by atoms with Crippen molar-refractivity contribution in [3.05, 3.63) is 53.9 Å². The largest absolute Gasteiger partial charge is 0.573 e. The van der Waals surface area contributed by atoms with Crippen molar-refractivity contribution < 1.29 is 27.5 Å². The average molecular weight is 433 g/mol. The molecule has 1 aromatic carbocycles. The number of urea groups is 1. The summed E-state index contributed by atoms with van der Waals surface area (Å²) in [5, 5.41) is 0. The van der Waals surface area contributed by atoms with Crippen LogP contribution in [0.15, 0.2) is 42.7 Å². The third kappa shape index (κ3) is 4.08. The molecular weight excluding hydrogens is 411 g/mol. The van der Waals surface area contributed by atoms with Gasteiger partial charge in [-0.15, -0.1) is 13.2 Å². The Morgan fingerprint density at radius 2 is 1.77 bits per heavy atom. The summed E-state index contributed by atoms with van der Waals surface area (Å²) in [6.45, 7) is 4.47. The number of hydrogen-bond donors (Lipinski definition) is 0. The zero-order valence-electron chi connectivity index (χ0n) is 17.1. The second-order valence-electron chi connectivity index (χ2n) is 8.32. The maximum atomic E-state index is 13.2. The van der Waals surface area contributed by atoms with Gasteiger partial charge in [0, 0.05) is 18.9 Å². The minimum atomic E-state index is -4.81. The maximum absolute atomic E-state index is 13.2. The quantitative estimate of drug-likeness (QED) is 0.621. The van der Waals surface area contributed by atoms with Gasteiger partial charge in [-0.1, -0.05) is 13.8 Å². The van der Waals surface area contributed by atoms with Crippen molar-refractivity contribution in [1.29, 1.82) is 0 Å². The van der Waals surface area contributed by atoms with Crippen molar-refractivity contribution in [3.63, 3.8) is 0 Å². The summed E-state index contributed by atoms with van der Waals surface area (Å²) in [7, 11) is 0. The Morgan fingerprint density at radius 3 is 2.35 bits per heavy atom. The van der Waals surface area contributed by atoms with E-state index in [0.717, 1.165) is 34.6 Å². The van der Waals surface area contributed by atoms with Gasteiger partial charge in [0.2, 0.25) is 0 Å². The van der Waals surface area contributed by atoms with E-state index in [1.807, 2.05) is 6.07 Å². The summed E-state index contributed by atoms with van der Waals surface area (Å²) >= 11 is 0. The summed E-state index contributed by atoms with van der Waals surface area (Å²) < 4.78 is 41.1. The molecule has 2 heterocycles. The van der Waals surface area contributed by atoms with Crippen molar-refractivity contribution in [2.24, 2.45) is 5.92 Å². The molecule has 31 heavy (non-hydrogen) atoms. The molecule has 9 heteroatoms. The van der Waals surface area contributed by atoms with E-state index in [2.05, 4.69) is 23.6 Å². The number of hydrogen-bond acceptors (Lipinski definition) is 4. The van der Waals surface area contributed by atoms with Gasteiger partial charge in [0.05, 0.1) is 5.69 Å². The molecule has 1 spiro atoms. The van der Waals surface area contributed by atoms with Crippen LogP contribution in [0.2, 0.25) is 0 Å². The van der Waals surface area contributed by atoms with Crippen LogP contribution in [0.4, 0.5) is 23.7 Å². The number of anilines is 1. The SMILES string of the molecule is CC(C)Cc1cnccc1CN1C(=O)N(c2ccc(OC(F)(F)F)cc2)C(=O)C12CC2. The van der Waals surface area contributed by atoms with Gasteiger partial charge in [0.1, 0.15) is 11.3 Å². The van der Waals surface area contributed by atoms with Gasteiger partial charge in [0.25, 0.3) is 5.91 Å². The lowest BCUT2D eigenvalue weighted by Crippen LogP contribution is -2.36. The molecule has 3 amide bonds. The molecule has 1 aliphatic heterocycles. The summed E-state index contributed by atoms with van der Waals surface area (Å²) in [6, 6.07) is 6.14. The lowest BCUT2D eigenvalue weighted by molar-refractivity contribution is -0.274. The Bertz CT molecular complexity index is 1000. The van der Waals surface area contributed by atoms with Crippen LogP contribution in [0.3, 0.4) is 0 Å². The summed E-state index contributed by atoms with van der Waals surface area (Å²) in [4.78, 5) is 33.2. The second kappa shape index (κ2) is 7.55. The second-order valence-corrected chi connectivity index (χ2v) is 8.32. The van der Waals surface area contributed by atoms with E-state index < -0.39 is 23.7 Å². The number of amides is 3. The van der Waals surface area contributed by atoms with Crippen LogP contribution in [-0.2, 0) is 17.8 Å². The highest BCUT2D eigenvalue weighted by Crippen LogP contribution is 2.50. The first kappa shape index (κ1) is 21.1. The number of imide groups is 1. The van der Waals surface area contributed by atoms with Gasteiger partial charge in [0.15, 0.2) is 0 Å². The van der Waals surface area contributed by atoms with Crippen molar-refractivity contribution in [2.75, 3.05) is 4.90 Å². The highest BCUT2D eigenvalue weighted by molar-refractivity contribution is 6.24. The third-order valence-corrected chi connectivity index (χ3v) is 5.55. The molecule has 164 valence electrons. The molecule has 4 rings (SSSR count). The van der Waals surface area contributed by atoms with Crippen molar-refractivity contribution >= 4 is 17.6 Å². The minimum absolute atomic E-state index is 0.218. The minimum Gasteiger partial charge on any atom is -0.406 e. The summed E-state index contributed by atoms with van der Waals surface area (Å²) in [5.41, 5.74) is 1.30. The fraction of sp³-hybridized carbons (Fsp3) is 0.409. The van der Waals surface area contributed by atoms with Crippen LogP contribution in [0.1, 0.15) is 37.8 Å². The number of aromatic nitrogens is 1. The number of benzene rings is 1. The Morgan fingerprint density at radius 1 is 1.10 bits per heavy atom. The molecule has 1 saturated carbocycles. The first-order valence-electron chi connectivity index (χ1n) is 10.0. The van der Waals surface area contributed by atoms with Crippen molar-refractivity contribution in [2.45, 2.75) is 51.6 Å². The van der Waals surface area contributed by atoms with Gasteiger partial charge < -0.3 is 9.64 Å². The van der Waals surface area contributed by atoms with Crippen LogP contribution in [0.5, 0.6) is 5.75 Å². The van der Waals surface area contributed by atoms with E-state index in [-0.39, 0.29) is 18.1 Å². The Hall–Kier alpha value is -3.10. The van der Waals surface area contributed by atoms with Gasteiger partial charge in [-0.05, 0) is 66.6 Å². The molecule has 6 nitrogen and oxygen atoms in total. The van der Waals surface area contributed by atoms with Gasteiger partial charge in [-0.3, -0.25) is 9.78 Å². The molecule has 0 N–H and O–H groups in total. The van der Waals surface area contributed by atoms with Gasteiger partial charge >= 0.3 is 12.4 Å². The highest BCUT2D eigenvalue weighted by atomic mass is 19.4. The van der Waals surface area contributed by atoms with Crippen LogP contribution >= 0.6 is 0 Å². The maximum Gasteiger partial charge on any atom is 0.573 e. The lowest BCUT2D eigenvalue weighted by atomic mass is 9.99. The molecule has 1 saturated heterocycles. The van der Waals surface area contributed by atoms with Crippen LogP contribution in [0, 0.1) is 5.92 Å². The van der Waals surface area contributed by atoms with E-state index in [1.54, 1.807) is 17.3 Å². The van der Waals surface area contributed by atoms with Crippen LogP contribution < -0.4 is 9.64 Å². The molecule has 0 atom stereocenters. The summed E-state index contributed by atoms with van der Waals surface area (Å²) in [6.07, 6.45) is 0.568. The molecule has 0 unspecified atom stereocenters. The predicted molar refractivity (Wildman–Crippen MR) is 106 cm³/mol. The van der Waals surface area contributed by atoms with E-state index in [0.29, 0.717) is 18.8 Å². The van der Waals surface area contributed by atoms with Gasteiger partial charge in [-0.2, -0.15) is 0 Å². The smallest absolute Gasteiger partial charge is 0.406 e. The Kier molecular flexibility index (Phi) is 5.15. The van der Waals surface area contributed by atoms with Crippen LogP contribution in [0.25, 0.3) is 0 Å². The predicted octanol–water partition coefficient (Wildman–Crippen LogP) is 4.68. The zero-order chi connectivity index (χ0) is 22.4. The first-order valence-corrected chi connectivity index (χ1v) is 10.0. The van der Waals surface area contributed by atoms with E-state index in [9.17, 15) is 22.8 Å². The Labute approximate surface area is 177 Å². The number of pyridine rings is 1. The zero-order valence-corrected chi connectivity index (χ0v) is 17.1. The molecular formula is C22H22F3N3O3. The number of ether oxygens (including phenoxy) is 1. The van der Waals surface area contributed by atoms with E-state index in [1.165, 1.54) is 12.1 Å². The third-order valence-electron chi connectivity index (χ3n) is 5.55. The van der Waals surface area contributed by atoms with Crippen LogP contribution in [-0.4, -0.2) is 33.7 Å². The van der Waals surface area contributed by atoms with E-state index in [4.69, 9.17) is 0 Å². The molecule has 1 aromatic heterocycles.